The number of pyridine rings is 1. The number of halogens is 3. The Balaban J connectivity index is 2.54. The summed E-state index contributed by atoms with van der Waals surface area (Å²) in [7, 11) is 0. The van der Waals surface area contributed by atoms with E-state index < -0.39 is 11.7 Å². The van der Waals surface area contributed by atoms with E-state index in [1.807, 2.05) is 0 Å². The third-order valence-corrected chi connectivity index (χ3v) is 2.60. The van der Waals surface area contributed by atoms with Crippen LogP contribution in [0.25, 0.3) is 10.8 Å². The van der Waals surface area contributed by atoms with Crippen molar-refractivity contribution >= 4 is 34.3 Å². The monoisotopic (exact) mass is 298 g/mol. The molecule has 4 nitrogen and oxygen atoms in total. The van der Waals surface area contributed by atoms with Crippen molar-refractivity contribution in [3.8, 4) is 0 Å². The maximum absolute atomic E-state index is 12.9. The van der Waals surface area contributed by atoms with Crippen LogP contribution in [0.3, 0.4) is 0 Å². The topological polar surface area (TPSA) is 63.3 Å². The SMILES string of the molecule is NC(=S)N/N=C\c1nccc2c(C(F)(F)F)cccc12. The minimum atomic E-state index is -4.42. The van der Waals surface area contributed by atoms with Crippen LogP contribution in [0.4, 0.5) is 13.2 Å². The number of hydrogen-bond donors (Lipinski definition) is 2. The number of hydrazone groups is 1. The predicted octanol–water partition coefficient (Wildman–Crippen LogP) is 2.42. The number of alkyl halides is 3. The number of aromatic nitrogens is 1. The Labute approximate surface area is 117 Å². The van der Waals surface area contributed by atoms with Crippen LogP contribution in [0.2, 0.25) is 0 Å². The van der Waals surface area contributed by atoms with Crippen molar-refractivity contribution in [1.29, 1.82) is 0 Å². The average molecular weight is 298 g/mol. The molecular weight excluding hydrogens is 289 g/mol. The smallest absolute Gasteiger partial charge is 0.375 e. The van der Waals surface area contributed by atoms with Gasteiger partial charge in [-0.2, -0.15) is 18.3 Å². The van der Waals surface area contributed by atoms with Crippen molar-refractivity contribution in [1.82, 2.24) is 10.4 Å². The molecule has 0 amide bonds. The highest BCUT2D eigenvalue weighted by Gasteiger charge is 2.32. The zero-order chi connectivity index (χ0) is 14.8. The van der Waals surface area contributed by atoms with Crippen molar-refractivity contribution in [3.05, 3.63) is 41.7 Å². The van der Waals surface area contributed by atoms with Crippen molar-refractivity contribution in [2.24, 2.45) is 10.8 Å². The Morgan fingerprint density at radius 3 is 2.70 bits per heavy atom. The number of nitrogens with one attached hydrogen (secondary N) is 1. The number of hydrogen-bond acceptors (Lipinski definition) is 3. The molecule has 1 heterocycles. The van der Waals surface area contributed by atoms with Crippen molar-refractivity contribution in [2.45, 2.75) is 6.18 Å². The lowest BCUT2D eigenvalue weighted by Crippen LogP contribution is -2.24. The molecule has 8 heteroatoms. The first kappa shape index (κ1) is 14.2. The zero-order valence-electron chi connectivity index (χ0n) is 9.98. The molecule has 3 N–H and O–H groups in total. The molecule has 0 radical (unpaired) electrons. The van der Waals surface area contributed by atoms with E-state index in [0.717, 1.165) is 6.07 Å². The van der Waals surface area contributed by atoms with Gasteiger partial charge >= 0.3 is 6.18 Å². The molecule has 1 aromatic heterocycles. The van der Waals surface area contributed by atoms with Crippen LogP contribution in [0, 0.1) is 0 Å². The first-order valence-corrected chi connectivity index (χ1v) is 5.84. The van der Waals surface area contributed by atoms with E-state index in [2.05, 4.69) is 27.7 Å². The van der Waals surface area contributed by atoms with E-state index in [9.17, 15) is 13.2 Å². The van der Waals surface area contributed by atoms with Gasteiger partial charge in [-0.05, 0) is 29.7 Å². The minimum Gasteiger partial charge on any atom is -0.375 e. The second kappa shape index (κ2) is 5.41. The van der Waals surface area contributed by atoms with Gasteiger partial charge < -0.3 is 5.73 Å². The summed E-state index contributed by atoms with van der Waals surface area (Å²) in [5, 5.41) is 4.06. The molecule has 0 spiro atoms. The highest BCUT2D eigenvalue weighted by molar-refractivity contribution is 7.80. The van der Waals surface area contributed by atoms with Crippen LogP contribution in [0.15, 0.2) is 35.6 Å². The molecule has 0 aliphatic heterocycles. The summed E-state index contributed by atoms with van der Waals surface area (Å²) in [4.78, 5) is 3.99. The summed E-state index contributed by atoms with van der Waals surface area (Å²) in [6, 6.07) is 5.21. The first-order chi connectivity index (χ1) is 9.39. The quantitative estimate of drug-likeness (QED) is 0.508. The molecule has 20 heavy (non-hydrogen) atoms. The molecular formula is C12H9F3N4S. The minimum absolute atomic E-state index is 0.0440. The van der Waals surface area contributed by atoms with E-state index in [1.54, 1.807) is 6.07 Å². The fourth-order valence-electron chi connectivity index (χ4n) is 1.74. The van der Waals surface area contributed by atoms with Gasteiger partial charge in [-0.3, -0.25) is 10.4 Å². The molecule has 1 aromatic carbocycles. The van der Waals surface area contributed by atoms with E-state index in [4.69, 9.17) is 5.73 Å². The summed E-state index contributed by atoms with van der Waals surface area (Å²) in [6.45, 7) is 0. The average Bonchev–Trinajstić information content (AvgIpc) is 2.36. The summed E-state index contributed by atoms with van der Waals surface area (Å²) in [6.07, 6.45) is -1.87. The highest BCUT2D eigenvalue weighted by atomic mass is 32.1. The highest BCUT2D eigenvalue weighted by Crippen LogP contribution is 2.34. The molecule has 2 aromatic rings. The maximum Gasteiger partial charge on any atom is 0.417 e. The van der Waals surface area contributed by atoms with E-state index >= 15 is 0 Å². The van der Waals surface area contributed by atoms with Crippen molar-refractivity contribution in [3.63, 3.8) is 0 Å². The van der Waals surface area contributed by atoms with Crippen LogP contribution in [0.5, 0.6) is 0 Å². The molecule has 0 aliphatic carbocycles. The Hall–Kier alpha value is -2.22. The van der Waals surface area contributed by atoms with Crippen LogP contribution < -0.4 is 11.2 Å². The second-order valence-electron chi connectivity index (χ2n) is 3.83. The van der Waals surface area contributed by atoms with Gasteiger partial charge in [0, 0.05) is 11.6 Å². The molecule has 0 unspecified atom stereocenters. The Morgan fingerprint density at radius 1 is 1.30 bits per heavy atom. The van der Waals surface area contributed by atoms with E-state index in [0.29, 0.717) is 5.39 Å². The van der Waals surface area contributed by atoms with Gasteiger partial charge in [0.05, 0.1) is 17.5 Å². The molecule has 2 rings (SSSR count). The van der Waals surface area contributed by atoms with Gasteiger partial charge in [0.15, 0.2) is 5.11 Å². The fraction of sp³-hybridized carbons (Fsp3) is 0.0833. The largest absolute Gasteiger partial charge is 0.417 e. The number of fused-ring (bicyclic) bond motifs is 1. The lowest BCUT2D eigenvalue weighted by atomic mass is 10.0. The second-order valence-corrected chi connectivity index (χ2v) is 4.27. The Morgan fingerprint density at radius 2 is 2.05 bits per heavy atom. The lowest BCUT2D eigenvalue weighted by molar-refractivity contribution is -0.136. The van der Waals surface area contributed by atoms with Crippen LogP contribution >= 0.6 is 12.2 Å². The number of rotatable bonds is 2. The van der Waals surface area contributed by atoms with Gasteiger partial charge in [0.1, 0.15) is 0 Å². The van der Waals surface area contributed by atoms with Gasteiger partial charge in [-0.15, -0.1) is 0 Å². The first-order valence-electron chi connectivity index (χ1n) is 5.43. The molecule has 0 atom stereocenters. The van der Waals surface area contributed by atoms with Gasteiger partial charge in [-0.25, -0.2) is 0 Å². The van der Waals surface area contributed by atoms with Gasteiger partial charge in [-0.1, -0.05) is 12.1 Å². The molecule has 0 aliphatic rings. The standard InChI is InChI=1S/C12H9F3N4S/c13-12(14,15)9-3-1-2-8-7(9)4-5-17-10(8)6-18-19-11(16)20/h1-6H,(H3,16,19,20)/b18-6-. The normalized spacial score (nSPS) is 11.9. The number of benzene rings is 1. The summed E-state index contributed by atoms with van der Waals surface area (Å²) < 4.78 is 38.7. The number of nitrogens with zero attached hydrogens (tertiary/aromatic N) is 2. The van der Waals surface area contributed by atoms with E-state index in [1.165, 1.54) is 24.5 Å². The lowest BCUT2D eigenvalue weighted by Gasteiger charge is -2.10. The van der Waals surface area contributed by atoms with Gasteiger partial charge in [0.2, 0.25) is 0 Å². The predicted molar refractivity (Wildman–Crippen MR) is 74.3 cm³/mol. The van der Waals surface area contributed by atoms with Crippen molar-refractivity contribution < 1.29 is 13.2 Å². The summed E-state index contributed by atoms with van der Waals surface area (Å²) in [5.74, 6) is 0. The van der Waals surface area contributed by atoms with Crippen molar-refractivity contribution in [2.75, 3.05) is 0 Å². The summed E-state index contributed by atoms with van der Waals surface area (Å²) >= 11 is 4.56. The maximum atomic E-state index is 12.9. The van der Waals surface area contributed by atoms with E-state index in [-0.39, 0.29) is 16.2 Å². The Kier molecular flexibility index (Phi) is 3.84. The zero-order valence-corrected chi connectivity index (χ0v) is 10.8. The molecule has 0 fully saturated rings. The fourth-order valence-corrected chi connectivity index (χ4v) is 1.79. The van der Waals surface area contributed by atoms with Crippen LogP contribution in [0.1, 0.15) is 11.3 Å². The Bertz CT molecular complexity index is 682. The third kappa shape index (κ3) is 3.02. The molecule has 0 saturated carbocycles. The number of thiocarbonyl (C=S) groups is 1. The van der Waals surface area contributed by atoms with Crippen LogP contribution in [-0.4, -0.2) is 16.3 Å². The van der Waals surface area contributed by atoms with Crippen LogP contribution in [-0.2, 0) is 6.18 Å². The van der Waals surface area contributed by atoms with Gasteiger partial charge in [0.25, 0.3) is 0 Å². The third-order valence-electron chi connectivity index (χ3n) is 2.50. The summed E-state index contributed by atoms with van der Waals surface area (Å²) in [5.41, 5.74) is 7.08. The molecule has 0 bridgehead atoms. The number of nitrogens with two attached hydrogens (primary N) is 1. The molecule has 104 valence electrons. The molecule has 0 saturated heterocycles.